The molecule has 0 aliphatic carbocycles. The van der Waals surface area contributed by atoms with Gasteiger partial charge in [0.15, 0.2) is 0 Å². The number of imide groups is 1. The second-order valence-electron chi connectivity index (χ2n) is 7.69. The SMILES string of the molecule is CC(C)(C)c1cc(N2C(=O)c3ccccc3C2=O)ccc1OCC1CO1. The lowest BCUT2D eigenvalue weighted by Gasteiger charge is -2.25. The van der Waals surface area contributed by atoms with Crippen LogP contribution in [0.25, 0.3) is 0 Å². The number of benzene rings is 2. The lowest BCUT2D eigenvalue weighted by molar-refractivity contribution is 0.0926. The number of rotatable bonds is 4. The molecular formula is C21H21NO4. The van der Waals surface area contributed by atoms with E-state index in [1.54, 1.807) is 30.3 Å². The van der Waals surface area contributed by atoms with E-state index in [0.29, 0.717) is 23.4 Å². The second-order valence-corrected chi connectivity index (χ2v) is 7.69. The first-order valence-corrected chi connectivity index (χ1v) is 8.73. The van der Waals surface area contributed by atoms with Crippen molar-refractivity contribution in [3.05, 3.63) is 59.2 Å². The number of nitrogens with zero attached hydrogens (tertiary/aromatic N) is 1. The van der Waals surface area contributed by atoms with Crippen molar-refractivity contribution in [2.45, 2.75) is 32.3 Å². The van der Waals surface area contributed by atoms with Crippen LogP contribution in [-0.2, 0) is 10.2 Å². The van der Waals surface area contributed by atoms with Gasteiger partial charge in [0.25, 0.3) is 11.8 Å². The quantitative estimate of drug-likeness (QED) is 0.624. The molecule has 0 bridgehead atoms. The van der Waals surface area contributed by atoms with Gasteiger partial charge in [0.2, 0.25) is 0 Å². The molecule has 1 fully saturated rings. The molecule has 5 nitrogen and oxygen atoms in total. The topological polar surface area (TPSA) is 59.1 Å². The van der Waals surface area contributed by atoms with Crippen LogP contribution in [0.5, 0.6) is 5.75 Å². The maximum Gasteiger partial charge on any atom is 0.266 e. The molecule has 0 radical (unpaired) electrons. The van der Waals surface area contributed by atoms with Gasteiger partial charge in [-0.15, -0.1) is 0 Å². The molecule has 26 heavy (non-hydrogen) atoms. The summed E-state index contributed by atoms with van der Waals surface area (Å²) in [6.45, 7) is 7.48. The first-order valence-electron chi connectivity index (χ1n) is 8.73. The van der Waals surface area contributed by atoms with Gasteiger partial charge in [-0.3, -0.25) is 9.59 Å². The fourth-order valence-corrected chi connectivity index (χ4v) is 3.14. The maximum absolute atomic E-state index is 12.7. The smallest absolute Gasteiger partial charge is 0.266 e. The van der Waals surface area contributed by atoms with E-state index in [2.05, 4.69) is 20.8 Å². The summed E-state index contributed by atoms with van der Waals surface area (Å²) in [4.78, 5) is 26.7. The van der Waals surface area contributed by atoms with E-state index < -0.39 is 0 Å². The molecule has 1 atom stereocenters. The predicted molar refractivity (Wildman–Crippen MR) is 98.0 cm³/mol. The molecule has 134 valence electrons. The Balaban J connectivity index is 1.71. The maximum atomic E-state index is 12.7. The van der Waals surface area contributed by atoms with Gasteiger partial charge in [0.1, 0.15) is 18.5 Å². The number of epoxide rings is 1. The van der Waals surface area contributed by atoms with Crippen molar-refractivity contribution in [2.75, 3.05) is 18.1 Å². The van der Waals surface area contributed by atoms with Crippen LogP contribution in [-0.4, -0.2) is 31.1 Å². The van der Waals surface area contributed by atoms with Crippen LogP contribution in [0, 0.1) is 0 Å². The van der Waals surface area contributed by atoms with Crippen molar-refractivity contribution in [1.29, 1.82) is 0 Å². The predicted octanol–water partition coefficient (Wildman–Crippen LogP) is 3.56. The summed E-state index contributed by atoms with van der Waals surface area (Å²) >= 11 is 0. The van der Waals surface area contributed by atoms with Gasteiger partial charge in [-0.25, -0.2) is 4.90 Å². The third-order valence-electron chi connectivity index (χ3n) is 4.65. The van der Waals surface area contributed by atoms with E-state index in [1.165, 1.54) is 4.90 Å². The van der Waals surface area contributed by atoms with E-state index in [4.69, 9.17) is 9.47 Å². The summed E-state index contributed by atoms with van der Waals surface area (Å²) in [6, 6.07) is 12.4. The van der Waals surface area contributed by atoms with Gasteiger partial charge < -0.3 is 9.47 Å². The molecule has 2 heterocycles. The highest BCUT2D eigenvalue weighted by molar-refractivity contribution is 6.34. The highest BCUT2D eigenvalue weighted by atomic mass is 16.6. The second kappa shape index (κ2) is 5.95. The van der Waals surface area contributed by atoms with Crippen molar-refractivity contribution in [1.82, 2.24) is 0 Å². The molecule has 2 aliphatic heterocycles. The van der Waals surface area contributed by atoms with Gasteiger partial charge in [-0.1, -0.05) is 32.9 Å². The summed E-state index contributed by atoms with van der Waals surface area (Å²) in [5.41, 5.74) is 2.21. The molecule has 5 heteroatoms. The Morgan fingerprint density at radius 3 is 2.23 bits per heavy atom. The normalized spacial score (nSPS) is 18.9. The largest absolute Gasteiger partial charge is 0.490 e. The van der Waals surface area contributed by atoms with Crippen LogP contribution in [0.4, 0.5) is 5.69 Å². The van der Waals surface area contributed by atoms with Crippen molar-refractivity contribution < 1.29 is 19.1 Å². The van der Waals surface area contributed by atoms with Crippen LogP contribution in [0.1, 0.15) is 47.1 Å². The Kier molecular flexibility index (Phi) is 3.84. The molecule has 0 N–H and O–H groups in total. The van der Waals surface area contributed by atoms with Crippen molar-refractivity contribution in [3.8, 4) is 5.75 Å². The number of carbonyl (C=O) groups is 2. The van der Waals surface area contributed by atoms with Crippen molar-refractivity contribution >= 4 is 17.5 Å². The highest BCUT2D eigenvalue weighted by Gasteiger charge is 2.37. The molecule has 2 amide bonds. The van der Waals surface area contributed by atoms with Crippen LogP contribution in [0.15, 0.2) is 42.5 Å². The minimum atomic E-state index is -0.287. The monoisotopic (exact) mass is 351 g/mol. The fraction of sp³-hybridized carbons (Fsp3) is 0.333. The Hall–Kier alpha value is -2.66. The van der Waals surface area contributed by atoms with Crippen LogP contribution in [0.3, 0.4) is 0 Å². The average Bonchev–Trinajstić information content (AvgIpc) is 3.40. The Bertz CT molecular complexity index is 858. The van der Waals surface area contributed by atoms with Crippen LogP contribution in [0.2, 0.25) is 0 Å². The summed E-state index contributed by atoms with van der Waals surface area (Å²) in [7, 11) is 0. The Morgan fingerprint density at radius 2 is 1.69 bits per heavy atom. The van der Waals surface area contributed by atoms with E-state index in [1.807, 2.05) is 12.1 Å². The summed E-state index contributed by atoms with van der Waals surface area (Å²) in [5, 5.41) is 0. The zero-order valence-electron chi connectivity index (χ0n) is 15.1. The van der Waals surface area contributed by atoms with Crippen LogP contribution < -0.4 is 9.64 Å². The van der Waals surface area contributed by atoms with Gasteiger partial charge in [-0.05, 0) is 35.7 Å². The Morgan fingerprint density at radius 1 is 1.08 bits per heavy atom. The summed E-state index contributed by atoms with van der Waals surface area (Å²) in [5.74, 6) is 0.185. The van der Waals surface area contributed by atoms with Crippen molar-refractivity contribution in [2.24, 2.45) is 0 Å². The van der Waals surface area contributed by atoms with Gasteiger partial charge in [0, 0.05) is 5.56 Å². The molecule has 2 aliphatic rings. The number of hydrogen-bond acceptors (Lipinski definition) is 4. The van der Waals surface area contributed by atoms with E-state index in [9.17, 15) is 9.59 Å². The van der Waals surface area contributed by atoms with E-state index in [0.717, 1.165) is 17.9 Å². The molecule has 1 saturated heterocycles. The number of ether oxygens (including phenoxy) is 2. The first kappa shape index (κ1) is 16.8. The van der Waals surface area contributed by atoms with Gasteiger partial charge in [-0.2, -0.15) is 0 Å². The zero-order chi connectivity index (χ0) is 18.5. The first-order chi connectivity index (χ1) is 12.4. The third kappa shape index (κ3) is 2.88. The fourth-order valence-electron chi connectivity index (χ4n) is 3.14. The third-order valence-corrected chi connectivity index (χ3v) is 4.65. The zero-order valence-corrected chi connectivity index (χ0v) is 15.1. The molecule has 4 rings (SSSR count). The van der Waals surface area contributed by atoms with Crippen molar-refractivity contribution in [3.63, 3.8) is 0 Å². The Labute approximate surface area is 152 Å². The molecule has 0 saturated carbocycles. The minimum absolute atomic E-state index is 0.165. The molecule has 0 aromatic heterocycles. The minimum Gasteiger partial charge on any atom is -0.490 e. The van der Waals surface area contributed by atoms with Gasteiger partial charge in [0.05, 0.1) is 23.4 Å². The molecule has 0 spiro atoms. The summed E-state index contributed by atoms with van der Waals surface area (Å²) < 4.78 is 11.1. The summed E-state index contributed by atoms with van der Waals surface area (Å²) in [6.07, 6.45) is 0.165. The molecule has 1 unspecified atom stereocenters. The lowest BCUT2D eigenvalue weighted by atomic mass is 9.86. The lowest BCUT2D eigenvalue weighted by Crippen LogP contribution is -2.30. The number of carbonyl (C=O) groups excluding carboxylic acids is 2. The molecule has 2 aromatic carbocycles. The standard InChI is InChI=1S/C21H21NO4/c1-21(2,3)17-10-13(8-9-18(17)26-12-14-11-25-14)22-19(23)15-6-4-5-7-16(15)20(22)24/h4-10,14H,11-12H2,1-3H3. The average molecular weight is 351 g/mol. The molecule has 2 aromatic rings. The highest BCUT2D eigenvalue weighted by Crippen LogP contribution is 2.37. The number of amides is 2. The van der Waals surface area contributed by atoms with Gasteiger partial charge >= 0.3 is 0 Å². The molecular weight excluding hydrogens is 330 g/mol. The van der Waals surface area contributed by atoms with Crippen LogP contribution >= 0.6 is 0 Å². The number of fused-ring (bicyclic) bond motifs is 1. The van der Waals surface area contributed by atoms with E-state index in [-0.39, 0.29) is 23.3 Å². The van der Waals surface area contributed by atoms with E-state index >= 15 is 0 Å². The number of hydrogen-bond donors (Lipinski definition) is 0. The number of anilines is 1.